The third kappa shape index (κ3) is 2.25. The molecule has 0 fully saturated rings. The van der Waals surface area contributed by atoms with Crippen molar-refractivity contribution in [2.45, 2.75) is 6.92 Å². The molecular weight excluding hydrogens is 252 g/mol. The molecule has 3 heteroatoms. The monoisotopic (exact) mass is 266 g/mol. The first-order valence-electron chi connectivity index (χ1n) is 6.12. The van der Waals surface area contributed by atoms with E-state index in [9.17, 15) is 0 Å². The normalized spacial score (nSPS) is 10.6. The van der Waals surface area contributed by atoms with Crippen LogP contribution in [0, 0.1) is 6.92 Å². The zero-order valence-corrected chi connectivity index (χ0v) is 11.4. The molecule has 2 nitrogen and oxygen atoms in total. The van der Waals surface area contributed by atoms with Crippen LogP contribution in [0.4, 0.5) is 5.69 Å². The number of hydrogen-bond donors (Lipinski definition) is 1. The van der Waals surface area contributed by atoms with Crippen LogP contribution in [0.3, 0.4) is 0 Å². The average molecular weight is 266 g/mol. The van der Waals surface area contributed by atoms with Gasteiger partial charge in [-0.3, -0.25) is 0 Å². The SMILES string of the molecule is Cc1ccccc1-c1csc(-c2ccccc2N)n1. The Balaban J connectivity index is 2.06. The third-order valence-corrected chi connectivity index (χ3v) is 3.99. The van der Waals surface area contributed by atoms with E-state index in [4.69, 9.17) is 10.7 Å². The maximum atomic E-state index is 6.00. The number of aryl methyl sites for hydroxylation is 1. The average Bonchev–Trinajstić information content (AvgIpc) is 2.89. The lowest BCUT2D eigenvalue weighted by molar-refractivity contribution is 1.37. The highest BCUT2D eigenvalue weighted by atomic mass is 32.1. The van der Waals surface area contributed by atoms with Crippen LogP contribution in [0.25, 0.3) is 21.8 Å². The lowest BCUT2D eigenvalue weighted by atomic mass is 10.1. The van der Waals surface area contributed by atoms with Crippen LogP contribution in [-0.2, 0) is 0 Å². The maximum absolute atomic E-state index is 6.00. The van der Waals surface area contributed by atoms with Crippen molar-refractivity contribution in [1.29, 1.82) is 0 Å². The van der Waals surface area contributed by atoms with E-state index in [0.29, 0.717) is 0 Å². The lowest BCUT2D eigenvalue weighted by Gasteiger charge is -2.02. The molecule has 0 spiro atoms. The number of anilines is 1. The quantitative estimate of drug-likeness (QED) is 0.700. The van der Waals surface area contributed by atoms with E-state index in [2.05, 4.69) is 24.4 Å². The van der Waals surface area contributed by atoms with Crippen molar-refractivity contribution in [3.8, 4) is 21.8 Å². The van der Waals surface area contributed by atoms with Crippen molar-refractivity contribution in [1.82, 2.24) is 4.98 Å². The van der Waals surface area contributed by atoms with Gasteiger partial charge in [0, 0.05) is 22.2 Å². The third-order valence-electron chi connectivity index (χ3n) is 3.12. The molecule has 2 N–H and O–H groups in total. The van der Waals surface area contributed by atoms with Crippen molar-refractivity contribution >= 4 is 17.0 Å². The van der Waals surface area contributed by atoms with Gasteiger partial charge >= 0.3 is 0 Å². The van der Waals surface area contributed by atoms with Gasteiger partial charge in [0.05, 0.1) is 5.69 Å². The molecule has 1 aromatic heterocycles. The number of aromatic nitrogens is 1. The molecule has 19 heavy (non-hydrogen) atoms. The lowest BCUT2D eigenvalue weighted by Crippen LogP contribution is -1.89. The maximum Gasteiger partial charge on any atom is 0.126 e. The van der Waals surface area contributed by atoms with Gasteiger partial charge in [-0.1, -0.05) is 36.4 Å². The highest BCUT2D eigenvalue weighted by Gasteiger charge is 2.09. The molecule has 0 saturated carbocycles. The molecule has 0 aliphatic carbocycles. The standard InChI is InChI=1S/C16H14N2S/c1-11-6-2-3-7-12(11)15-10-19-16(18-15)13-8-4-5-9-14(13)17/h2-10H,17H2,1H3. The number of para-hydroxylation sites is 1. The van der Waals surface area contributed by atoms with E-state index in [-0.39, 0.29) is 0 Å². The molecule has 0 saturated heterocycles. The summed E-state index contributed by atoms with van der Waals surface area (Å²) in [5.74, 6) is 0. The second kappa shape index (κ2) is 4.86. The van der Waals surface area contributed by atoms with Gasteiger partial charge in [-0.15, -0.1) is 11.3 Å². The van der Waals surface area contributed by atoms with Crippen LogP contribution in [0.15, 0.2) is 53.9 Å². The molecule has 0 amide bonds. The summed E-state index contributed by atoms with van der Waals surface area (Å²) in [6.07, 6.45) is 0. The van der Waals surface area contributed by atoms with Crippen LogP contribution >= 0.6 is 11.3 Å². The van der Waals surface area contributed by atoms with Gasteiger partial charge < -0.3 is 5.73 Å². The highest BCUT2D eigenvalue weighted by Crippen LogP contribution is 2.32. The van der Waals surface area contributed by atoms with Crippen molar-refractivity contribution < 1.29 is 0 Å². The minimum atomic E-state index is 0.771. The van der Waals surface area contributed by atoms with E-state index in [1.807, 2.05) is 36.4 Å². The van der Waals surface area contributed by atoms with Crippen LogP contribution < -0.4 is 5.73 Å². The molecule has 0 unspecified atom stereocenters. The predicted octanol–water partition coefficient (Wildman–Crippen LogP) is 4.37. The number of nitrogen functional groups attached to an aromatic ring is 1. The first-order valence-corrected chi connectivity index (χ1v) is 7.00. The molecule has 0 aliphatic heterocycles. The molecule has 0 aliphatic rings. The van der Waals surface area contributed by atoms with Crippen LogP contribution in [0.1, 0.15) is 5.56 Å². The summed E-state index contributed by atoms with van der Waals surface area (Å²) in [6.45, 7) is 2.10. The van der Waals surface area contributed by atoms with Crippen molar-refractivity contribution in [3.05, 3.63) is 59.5 Å². The molecule has 0 atom stereocenters. The Morgan fingerprint density at radius 3 is 2.37 bits per heavy atom. The fourth-order valence-electron chi connectivity index (χ4n) is 2.07. The largest absolute Gasteiger partial charge is 0.398 e. The zero-order valence-electron chi connectivity index (χ0n) is 10.6. The summed E-state index contributed by atoms with van der Waals surface area (Å²) in [7, 11) is 0. The summed E-state index contributed by atoms with van der Waals surface area (Å²) in [6, 6.07) is 16.1. The van der Waals surface area contributed by atoms with E-state index in [0.717, 1.165) is 22.0 Å². The number of benzene rings is 2. The van der Waals surface area contributed by atoms with Crippen LogP contribution in [-0.4, -0.2) is 4.98 Å². The summed E-state index contributed by atoms with van der Waals surface area (Å²) < 4.78 is 0. The van der Waals surface area contributed by atoms with E-state index in [1.165, 1.54) is 11.1 Å². The van der Waals surface area contributed by atoms with E-state index >= 15 is 0 Å². The first-order chi connectivity index (χ1) is 9.25. The Hall–Kier alpha value is -2.13. The Morgan fingerprint density at radius 1 is 0.947 bits per heavy atom. The molecule has 1 heterocycles. The summed E-state index contributed by atoms with van der Waals surface area (Å²) >= 11 is 1.63. The van der Waals surface area contributed by atoms with Gasteiger partial charge in [-0.05, 0) is 24.6 Å². The van der Waals surface area contributed by atoms with E-state index < -0.39 is 0 Å². The molecule has 3 aromatic rings. The van der Waals surface area contributed by atoms with Crippen LogP contribution in [0.2, 0.25) is 0 Å². The summed E-state index contributed by atoms with van der Waals surface area (Å²) in [5, 5.41) is 3.06. The Bertz CT molecular complexity index is 656. The molecular formula is C16H14N2S. The first kappa shape index (κ1) is 11.9. The molecule has 3 rings (SSSR count). The van der Waals surface area contributed by atoms with Crippen molar-refractivity contribution in [2.24, 2.45) is 0 Å². The minimum Gasteiger partial charge on any atom is -0.398 e. The molecule has 0 bridgehead atoms. The summed E-state index contributed by atoms with van der Waals surface area (Å²) in [5.41, 5.74) is 11.2. The van der Waals surface area contributed by atoms with Gasteiger partial charge in [0.1, 0.15) is 5.01 Å². The number of nitrogens with zero attached hydrogens (tertiary/aromatic N) is 1. The van der Waals surface area contributed by atoms with Gasteiger partial charge in [0.15, 0.2) is 0 Å². The smallest absolute Gasteiger partial charge is 0.126 e. The fourth-order valence-corrected chi connectivity index (χ4v) is 2.94. The second-order valence-corrected chi connectivity index (χ2v) is 5.30. The van der Waals surface area contributed by atoms with Gasteiger partial charge in [0.2, 0.25) is 0 Å². The Kier molecular flexibility index (Phi) is 3.05. The predicted molar refractivity (Wildman–Crippen MR) is 82.1 cm³/mol. The Labute approximate surface area is 116 Å². The number of rotatable bonds is 2. The summed E-state index contributed by atoms with van der Waals surface area (Å²) in [4.78, 5) is 4.71. The molecule has 0 radical (unpaired) electrons. The fraction of sp³-hybridized carbons (Fsp3) is 0.0625. The van der Waals surface area contributed by atoms with E-state index in [1.54, 1.807) is 11.3 Å². The number of hydrogen-bond acceptors (Lipinski definition) is 3. The minimum absolute atomic E-state index is 0.771. The number of thiazole rings is 1. The van der Waals surface area contributed by atoms with Gasteiger partial charge in [0.25, 0.3) is 0 Å². The molecule has 2 aromatic carbocycles. The van der Waals surface area contributed by atoms with Crippen molar-refractivity contribution in [2.75, 3.05) is 5.73 Å². The topological polar surface area (TPSA) is 38.9 Å². The molecule has 94 valence electrons. The van der Waals surface area contributed by atoms with Crippen molar-refractivity contribution in [3.63, 3.8) is 0 Å². The Morgan fingerprint density at radius 2 is 1.63 bits per heavy atom. The number of nitrogens with two attached hydrogens (primary N) is 1. The van der Waals surface area contributed by atoms with Gasteiger partial charge in [-0.25, -0.2) is 4.98 Å². The van der Waals surface area contributed by atoms with Crippen LogP contribution in [0.5, 0.6) is 0 Å². The van der Waals surface area contributed by atoms with Gasteiger partial charge in [-0.2, -0.15) is 0 Å². The zero-order chi connectivity index (χ0) is 13.2. The highest BCUT2D eigenvalue weighted by molar-refractivity contribution is 7.13. The second-order valence-electron chi connectivity index (χ2n) is 4.44.